The lowest BCUT2D eigenvalue weighted by molar-refractivity contribution is -0.0816. The van der Waals surface area contributed by atoms with Gasteiger partial charge in [-0.05, 0) is 43.5 Å². The minimum Gasteiger partial charge on any atom is -0.390 e. The SMILES string of the molecule is O=S(=O)(c1ccc(Cl)cc1)N1CCC2(O)CCCCC2C1. The van der Waals surface area contributed by atoms with Crippen LogP contribution in [0.2, 0.25) is 5.02 Å². The lowest BCUT2D eigenvalue weighted by Crippen LogP contribution is -2.54. The van der Waals surface area contributed by atoms with Gasteiger partial charge < -0.3 is 5.11 Å². The summed E-state index contributed by atoms with van der Waals surface area (Å²) in [6, 6.07) is 6.27. The molecule has 116 valence electrons. The number of rotatable bonds is 2. The summed E-state index contributed by atoms with van der Waals surface area (Å²) in [5, 5.41) is 11.2. The molecule has 6 heteroatoms. The molecule has 2 atom stereocenters. The monoisotopic (exact) mass is 329 g/mol. The van der Waals surface area contributed by atoms with Crippen LogP contribution in [0.4, 0.5) is 0 Å². The van der Waals surface area contributed by atoms with Crippen LogP contribution in [0.5, 0.6) is 0 Å². The average Bonchev–Trinajstić information content (AvgIpc) is 2.46. The standard InChI is InChI=1S/C15H20ClNO3S/c16-13-4-6-14(7-5-13)21(19,20)17-10-9-15(18)8-2-1-3-12(15)11-17/h4-7,12,18H,1-3,8-11H2. The van der Waals surface area contributed by atoms with Crippen LogP contribution >= 0.6 is 11.6 Å². The Labute approximate surface area is 130 Å². The summed E-state index contributed by atoms with van der Waals surface area (Å²) in [4.78, 5) is 0.271. The van der Waals surface area contributed by atoms with Crippen LogP contribution in [0.1, 0.15) is 32.1 Å². The van der Waals surface area contributed by atoms with Gasteiger partial charge in [0.2, 0.25) is 10.0 Å². The molecule has 2 unspecified atom stereocenters. The van der Waals surface area contributed by atoms with Gasteiger partial charge in [0.25, 0.3) is 0 Å². The molecule has 2 aliphatic rings. The largest absolute Gasteiger partial charge is 0.390 e. The van der Waals surface area contributed by atoms with Crippen molar-refractivity contribution >= 4 is 21.6 Å². The Morgan fingerprint density at radius 2 is 1.90 bits per heavy atom. The summed E-state index contributed by atoms with van der Waals surface area (Å²) in [5.74, 6) is 0.0575. The Kier molecular flexibility index (Phi) is 4.03. The second-order valence-corrected chi connectivity index (χ2v) is 8.49. The van der Waals surface area contributed by atoms with Gasteiger partial charge >= 0.3 is 0 Å². The van der Waals surface area contributed by atoms with Gasteiger partial charge in [-0.25, -0.2) is 8.42 Å². The van der Waals surface area contributed by atoms with Crippen molar-refractivity contribution in [3.63, 3.8) is 0 Å². The fourth-order valence-corrected chi connectivity index (χ4v) is 5.13. The smallest absolute Gasteiger partial charge is 0.243 e. The maximum Gasteiger partial charge on any atom is 0.243 e. The number of piperidine rings is 1. The van der Waals surface area contributed by atoms with Gasteiger partial charge in [-0.2, -0.15) is 4.31 Å². The first kappa shape index (κ1) is 15.3. The van der Waals surface area contributed by atoms with E-state index in [0.717, 1.165) is 25.7 Å². The zero-order chi connectivity index (χ0) is 15.1. The van der Waals surface area contributed by atoms with Crippen LogP contribution in [-0.2, 0) is 10.0 Å². The molecule has 0 aromatic heterocycles. The minimum absolute atomic E-state index is 0.0575. The van der Waals surface area contributed by atoms with E-state index in [-0.39, 0.29) is 10.8 Å². The molecule has 1 N–H and O–H groups in total. The average molecular weight is 330 g/mol. The third-order valence-electron chi connectivity index (χ3n) is 4.84. The van der Waals surface area contributed by atoms with Crippen LogP contribution in [0.25, 0.3) is 0 Å². The van der Waals surface area contributed by atoms with Crippen molar-refractivity contribution in [2.75, 3.05) is 13.1 Å². The fraction of sp³-hybridized carbons (Fsp3) is 0.600. The first-order chi connectivity index (χ1) is 9.92. The van der Waals surface area contributed by atoms with Crippen molar-refractivity contribution in [1.82, 2.24) is 4.31 Å². The predicted octanol–water partition coefficient (Wildman–Crippen LogP) is 2.66. The van der Waals surface area contributed by atoms with E-state index in [1.54, 1.807) is 24.3 Å². The summed E-state index contributed by atoms with van der Waals surface area (Å²) in [5.41, 5.74) is -0.662. The third kappa shape index (κ3) is 2.84. The Bertz CT molecular complexity index is 616. The Hall–Kier alpha value is -0.620. The van der Waals surface area contributed by atoms with Crippen molar-refractivity contribution in [1.29, 1.82) is 0 Å². The molecule has 1 saturated carbocycles. The highest BCUT2D eigenvalue weighted by Gasteiger charge is 2.45. The number of nitrogens with zero attached hydrogens (tertiary/aromatic N) is 1. The van der Waals surface area contributed by atoms with Gasteiger partial charge in [-0.15, -0.1) is 0 Å². The number of sulfonamides is 1. The number of benzene rings is 1. The zero-order valence-electron chi connectivity index (χ0n) is 11.8. The molecule has 0 spiro atoms. The maximum absolute atomic E-state index is 12.7. The molecule has 2 fully saturated rings. The molecule has 0 amide bonds. The third-order valence-corrected chi connectivity index (χ3v) is 6.97. The van der Waals surface area contributed by atoms with E-state index < -0.39 is 15.6 Å². The number of hydrogen-bond donors (Lipinski definition) is 1. The Morgan fingerprint density at radius 3 is 2.62 bits per heavy atom. The van der Waals surface area contributed by atoms with Gasteiger partial charge in [-0.1, -0.05) is 24.4 Å². The van der Waals surface area contributed by atoms with E-state index in [0.29, 0.717) is 24.5 Å². The van der Waals surface area contributed by atoms with E-state index in [4.69, 9.17) is 11.6 Å². The molecular weight excluding hydrogens is 310 g/mol. The van der Waals surface area contributed by atoms with Crippen LogP contribution in [0.15, 0.2) is 29.2 Å². The maximum atomic E-state index is 12.7. The summed E-state index contributed by atoms with van der Waals surface area (Å²) < 4.78 is 26.9. The molecule has 0 bridgehead atoms. The fourth-order valence-electron chi connectivity index (χ4n) is 3.51. The number of fused-ring (bicyclic) bond motifs is 1. The molecule has 21 heavy (non-hydrogen) atoms. The van der Waals surface area contributed by atoms with Gasteiger partial charge in [0.1, 0.15) is 0 Å². The van der Waals surface area contributed by atoms with Crippen molar-refractivity contribution in [2.24, 2.45) is 5.92 Å². The van der Waals surface area contributed by atoms with Crippen molar-refractivity contribution in [3.05, 3.63) is 29.3 Å². The number of aliphatic hydroxyl groups is 1. The second kappa shape index (κ2) is 5.54. The summed E-state index contributed by atoms with van der Waals surface area (Å²) >= 11 is 5.82. The first-order valence-electron chi connectivity index (χ1n) is 7.40. The Morgan fingerprint density at radius 1 is 1.19 bits per heavy atom. The van der Waals surface area contributed by atoms with Crippen molar-refractivity contribution in [3.8, 4) is 0 Å². The van der Waals surface area contributed by atoms with Gasteiger partial charge in [0.15, 0.2) is 0 Å². The molecule has 0 radical (unpaired) electrons. The van der Waals surface area contributed by atoms with Crippen LogP contribution in [-0.4, -0.2) is 36.5 Å². The molecule has 1 aromatic rings. The molecule has 1 saturated heterocycles. The molecular formula is C15H20ClNO3S. The van der Waals surface area contributed by atoms with E-state index >= 15 is 0 Å². The van der Waals surface area contributed by atoms with Crippen LogP contribution < -0.4 is 0 Å². The topological polar surface area (TPSA) is 57.6 Å². The molecule has 1 aliphatic carbocycles. The summed E-state index contributed by atoms with van der Waals surface area (Å²) in [6.45, 7) is 0.805. The van der Waals surface area contributed by atoms with Gasteiger partial charge in [-0.3, -0.25) is 0 Å². The quantitative estimate of drug-likeness (QED) is 0.907. The minimum atomic E-state index is -3.49. The van der Waals surface area contributed by atoms with E-state index in [1.165, 1.54) is 4.31 Å². The second-order valence-electron chi connectivity index (χ2n) is 6.11. The molecule has 1 aromatic carbocycles. The summed E-state index contributed by atoms with van der Waals surface area (Å²) in [7, 11) is -3.49. The first-order valence-corrected chi connectivity index (χ1v) is 9.22. The highest BCUT2D eigenvalue weighted by Crippen LogP contribution is 2.41. The van der Waals surface area contributed by atoms with Crippen molar-refractivity contribution in [2.45, 2.75) is 42.6 Å². The number of halogens is 1. The zero-order valence-corrected chi connectivity index (χ0v) is 13.4. The molecule has 1 heterocycles. The van der Waals surface area contributed by atoms with Crippen LogP contribution in [0.3, 0.4) is 0 Å². The van der Waals surface area contributed by atoms with Crippen LogP contribution in [0, 0.1) is 5.92 Å². The predicted molar refractivity (Wildman–Crippen MR) is 81.7 cm³/mol. The van der Waals surface area contributed by atoms with E-state index in [9.17, 15) is 13.5 Å². The van der Waals surface area contributed by atoms with E-state index in [1.807, 2.05) is 0 Å². The molecule has 4 nitrogen and oxygen atoms in total. The highest BCUT2D eigenvalue weighted by atomic mass is 35.5. The van der Waals surface area contributed by atoms with Gasteiger partial charge in [0, 0.05) is 24.0 Å². The van der Waals surface area contributed by atoms with Crippen molar-refractivity contribution < 1.29 is 13.5 Å². The molecule has 3 rings (SSSR count). The Balaban J connectivity index is 1.82. The number of hydrogen-bond acceptors (Lipinski definition) is 3. The molecule has 1 aliphatic heterocycles. The lowest BCUT2D eigenvalue weighted by atomic mass is 9.72. The lowest BCUT2D eigenvalue weighted by Gasteiger charge is -2.46. The normalized spacial score (nSPS) is 30.9. The highest BCUT2D eigenvalue weighted by molar-refractivity contribution is 7.89. The summed E-state index contributed by atoms with van der Waals surface area (Å²) in [6.07, 6.45) is 4.35. The van der Waals surface area contributed by atoms with Gasteiger partial charge in [0.05, 0.1) is 10.5 Å². The van der Waals surface area contributed by atoms with E-state index in [2.05, 4.69) is 0 Å².